The Morgan fingerprint density at radius 2 is 2.23 bits per heavy atom. The van der Waals surface area contributed by atoms with Crippen molar-refractivity contribution in [1.82, 2.24) is 10.6 Å². The minimum Gasteiger partial charge on any atom is -0.352 e. The van der Waals surface area contributed by atoms with Gasteiger partial charge in [-0.2, -0.15) is 0 Å². The van der Waals surface area contributed by atoms with Gasteiger partial charge in [-0.25, -0.2) is 0 Å². The van der Waals surface area contributed by atoms with E-state index in [9.17, 15) is 4.79 Å². The Hall–Kier alpha value is -0.570. The number of hydrogen-bond acceptors (Lipinski definition) is 2. The van der Waals surface area contributed by atoms with Crippen LogP contribution in [0.1, 0.15) is 27.2 Å². The average molecular weight is 184 g/mol. The summed E-state index contributed by atoms with van der Waals surface area (Å²) in [4.78, 5) is 11.4. The van der Waals surface area contributed by atoms with E-state index < -0.39 is 0 Å². The summed E-state index contributed by atoms with van der Waals surface area (Å²) in [5, 5.41) is 6.36. The Morgan fingerprint density at radius 1 is 1.54 bits per heavy atom. The van der Waals surface area contributed by atoms with Crippen molar-refractivity contribution in [3.63, 3.8) is 0 Å². The van der Waals surface area contributed by atoms with E-state index in [-0.39, 0.29) is 11.8 Å². The number of rotatable bonds is 2. The molecule has 0 radical (unpaired) electrons. The van der Waals surface area contributed by atoms with Crippen LogP contribution in [0, 0.1) is 11.8 Å². The van der Waals surface area contributed by atoms with Gasteiger partial charge in [0.1, 0.15) is 0 Å². The van der Waals surface area contributed by atoms with Crippen molar-refractivity contribution in [2.75, 3.05) is 13.1 Å². The third kappa shape index (κ3) is 2.99. The van der Waals surface area contributed by atoms with Gasteiger partial charge in [-0.05, 0) is 18.9 Å². The molecule has 0 aromatic rings. The van der Waals surface area contributed by atoms with E-state index in [1.54, 1.807) is 0 Å². The second-order valence-corrected chi connectivity index (χ2v) is 4.24. The quantitative estimate of drug-likeness (QED) is 0.665. The lowest BCUT2D eigenvalue weighted by Crippen LogP contribution is -2.51. The molecular formula is C10H20N2O. The van der Waals surface area contributed by atoms with Crippen molar-refractivity contribution in [3.8, 4) is 0 Å². The van der Waals surface area contributed by atoms with Crippen molar-refractivity contribution in [2.45, 2.75) is 33.2 Å². The molecule has 0 saturated carbocycles. The maximum atomic E-state index is 11.4. The summed E-state index contributed by atoms with van der Waals surface area (Å²) in [6, 6.07) is 0.323. The molecule has 76 valence electrons. The SMILES string of the molecule is CC(C)C(=O)NC1CNCCC1C. The number of hydrogen-bond donors (Lipinski definition) is 2. The molecule has 0 aromatic carbocycles. The number of carbonyl (C=O) groups is 1. The van der Waals surface area contributed by atoms with Crippen LogP contribution in [0.3, 0.4) is 0 Å². The first-order valence-corrected chi connectivity index (χ1v) is 5.12. The van der Waals surface area contributed by atoms with E-state index in [2.05, 4.69) is 17.6 Å². The Balaban J connectivity index is 2.38. The third-order valence-corrected chi connectivity index (χ3v) is 2.68. The molecule has 2 N–H and O–H groups in total. The highest BCUT2D eigenvalue weighted by atomic mass is 16.1. The van der Waals surface area contributed by atoms with Gasteiger partial charge >= 0.3 is 0 Å². The molecule has 0 bridgehead atoms. The van der Waals surface area contributed by atoms with Crippen LogP contribution in [0.25, 0.3) is 0 Å². The van der Waals surface area contributed by atoms with Crippen LogP contribution in [-0.4, -0.2) is 25.0 Å². The van der Waals surface area contributed by atoms with Crippen molar-refractivity contribution >= 4 is 5.91 Å². The molecule has 1 aliphatic rings. The summed E-state index contributed by atoms with van der Waals surface area (Å²) in [5.41, 5.74) is 0. The smallest absolute Gasteiger partial charge is 0.222 e. The van der Waals surface area contributed by atoms with Crippen LogP contribution < -0.4 is 10.6 Å². The lowest BCUT2D eigenvalue weighted by molar-refractivity contribution is -0.125. The Bertz CT molecular complexity index is 180. The number of amides is 1. The van der Waals surface area contributed by atoms with Gasteiger partial charge < -0.3 is 10.6 Å². The van der Waals surface area contributed by atoms with Gasteiger partial charge in [0.05, 0.1) is 0 Å². The molecule has 1 saturated heterocycles. The fourth-order valence-electron chi connectivity index (χ4n) is 1.53. The number of piperidine rings is 1. The normalized spacial score (nSPS) is 28.9. The van der Waals surface area contributed by atoms with Crippen LogP contribution >= 0.6 is 0 Å². The molecule has 1 aliphatic heterocycles. The Morgan fingerprint density at radius 3 is 2.77 bits per heavy atom. The van der Waals surface area contributed by atoms with E-state index in [0.717, 1.165) is 19.5 Å². The standard InChI is InChI=1S/C10H20N2O/c1-7(2)10(13)12-9-6-11-5-4-8(9)3/h7-9,11H,4-6H2,1-3H3,(H,12,13). The van der Waals surface area contributed by atoms with Crippen LogP contribution in [0.15, 0.2) is 0 Å². The number of carbonyl (C=O) groups excluding carboxylic acids is 1. The van der Waals surface area contributed by atoms with Crippen LogP contribution in [0.4, 0.5) is 0 Å². The first-order chi connectivity index (χ1) is 6.11. The zero-order chi connectivity index (χ0) is 9.84. The Kier molecular flexibility index (Phi) is 3.72. The first kappa shape index (κ1) is 10.5. The molecule has 0 aliphatic carbocycles. The fourth-order valence-corrected chi connectivity index (χ4v) is 1.53. The summed E-state index contributed by atoms with van der Waals surface area (Å²) in [7, 11) is 0. The fraction of sp³-hybridized carbons (Fsp3) is 0.900. The molecular weight excluding hydrogens is 164 g/mol. The predicted octanol–water partition coefficient (Wildman–Crippen LogP) is 0.757. The highest BCUT2D eigenvalue weighted by Gasteiger charge is 2.23. The van der Waals surface area contributed by atoms with Gasteiger partial charge in [-0.3, -0.25) is 4.79 Å². The van der Waals surface area contributed by atoms with E-state index in [4.69, 9.17) is 0 Å². The van der Waals surface area contributed by atoms with Gasteiger partial charge in [0.2, 0.25) is 5.91 Å². The van der Waals surface area contributed by atoms with E-state index in [1.807, 2.05) is 13.8 Å². The Labute approximate surface area is 80.3 Å². The molecule has 1 heterocycles. The zero-order valence-corrected chi connectivity index (χ0v) is 8.76. The molecule has 1 amide bonds. The maximum absolute atomic E-state index is 11.4. The lowest BCUT2D eigenvalue weighted by Gasteiger charge is -2.30. The third-order valence-electron chi connectivity index (χ3n) is 2.68. The zero-order valence-electron chi connectivity index (χ0n) is 8.76. The van der Waals surface area contributed by atoms with Crippen molar-refractivity contribution in [1.29, 1.82) is 0 Å². The molecule has 3 heteroatoms. The molecule has 13 heavy (non-hydrogen) atoms. The van der Waals surface area contributed by atoms with Crippen LogP contribution in [0.2, 0.25) is 0 Å². The summed E-state index contributed by atoms with van der Waals surface area (Å²) in [6.07, 6.45) is 1.16. The monoisotopic (exact) mass is 184 g/mol. The van der Waals surface area contributed by atoms with E-state index in [0.29, 0.717) is 12.0 Å². The van der Waals surface area contributed by atoms with Crippen molar-refractivity contribution < 1.29 is 4.79 Å². The highest BCUT2D eigenvalue weighted by Crippen LogP contribution is 2.11. The van der Waals surface area contributed by atoms with Crippen LogP contribution in [0.5, 0.6) is 0 Å². The summed E-state index contributed by atoms with van der Waals surface area (Å²) in [6.45, 7) is 8.05. The van der Waals surface area contributed by atoms with E-state index >= 15 is 0 Å². The van der Waals surface area contributed by atoms with Crippen molar-refractivity contribution in [3.05, 3.63) is 0 Å². The molecule has 3 nitrogen and oxygen atoms in total. The number of nitrogens with one attached hydrogen (secondary N) is 2. The minimum absolute atomic E-state index is 0.0918. The molecule has 1 rings (SSSR count). The highest BCUT2D eigenvalue weighted by molar-refractivity contribution is 5.78. The van der Waals surface area contributed by atoms with Gasteiger partial charge in [0.15, 0.2) is 0 Å². The van der Waals surface area contributed by atoms with Gasteiger partial charge in [0, 0.05) is 18.5 Å². The molecule has 0 spiro atoms. The second-order valence-electron chi connectivity index (χ2n) is 4.24. The maximum Gasteiger partial charge on any atom is 0.222 e. The van der Waals surface area contributed by atoms with Gasteiger partial charge in [-0.1, -0.05) is 20.8 Å². The first-order valence-electron chi connectivity index (χ1n) is 5.12. The lowest BCUT2D eigenvalue weighted by atomic mass is 9.94. The van der Waals surface area contributed by atoms with E-state index in [1.165, 1.54) is 0 Å². The van der Waals surface area contributed by atoms with Crippen molar-refractivity contribution in [2.24, 2.45) is 11.8 Å². The second kappa shape index (κ2) is 4.61. The van der Waals surface area contributed by atoms with Gasteiger partial charge in [-0.15, -0.1) is 0 Å². The molecule has 2 atom stereocenters. The summed E-state index contributed by atoms with van der Waals surface area (Å²) in [5.74, 6) is 0.860. The van der Waals surface area contributed by atoms with Gasteiger partial charge in [0.25, 0.3) is 0 Å². The minimum atomic E-state index is 0.0918. The average Bonchev–Trinajstić information content (AvgIpc) is 2.08. The molecule has 0 aromatic heterocycles. The predicted molar refractivity (Wildman–Crippen MR) is 53.4 cm³/mol. The topological polar surface area (TPSA) is 41.1 Å². The molecule has 1 fully saturated rings. The molecule has 2 unspecified atom stereocenters. The largest absolute Gasteiger partial charge is 0.352 e. The summed E-state index contributed by atoms with van der Waals surface area (Å²) >= 11 is 0. The summed E-state index contributed by atoms with van der Waals surface area (Å²) < 4.78 is 0. The van der Waals surface area contributed by atoms with Crippen LogP contribution in [-0.2, 0) is 4.79 Å².